The Balaban J connectivity index is 1.45. The van der Waals surface area contributed by atoms with Gasteiger partial charge in [-0.25, -0.2) is 0 Å². The van der Waals surface area contributed by atoms with Gasteiger partial charge in [-0.15, -0.1) is 0 Å². The van der Waals surface area contributed by atoms with Gasteiger partial charge < -0.3 is 14.2 Å². The average molecular weight is 571 g/mol. The molecule has 1 aliphatic rings. The molecule has 1 unspecified atom stereocenters. The number of methoxy groups -OCH3 is 2. The highest BCUT2D eigenvalue weighted by atomic mass is 16.5. The number of hydrogen-bond acceptors (Lipinski definition) is 3. The Morgan fingerprint density at radius 1 is 0.523 bits per heavy atom. The van der Waals surface area contributed by atoms with Crippen molar-refractivity contribution in [2.45, 2.75) is 5.60 Å². The lowest BCUT2D eigenvalue weighted by Gasteiger charge is -2.37. The van der Waals surface area contributed by atoms with E-state index in [1.807, 2.05) is 18.2 Å². The monoisotopic (exact) mass is 570 g/mol. The first-order valence-corrected chi connectivity index (χ1v) is 14.8. The van der Waals surface area contributed by atoms with Crippen LogP contribution in [0, 0.1) is 0 Å². The van der Waals surface area contributed by atoms with Crippen LogP contribution in [0.15, 0.2) is 140 Å². The zero-order valence-corrected chi connectivity index (χ0v) is 24.6. The molecule has 3 heteroatoms. The molecule has 1 atom stereocenters. The van der Waals surface area contributed by atoms with E-state index in [0.29, 0.717) is 0 Å². The van der Waals surface area contributed by atoms with Crippen LogP contribution in [0.5, 0.6) is 17.2 Å². The molecular formula is C41H30O3. The predicted octanol–water partition coefficient (Wildman–Crippen LogP) is 10.2. The maximum absolute atomic E-state index is 7.46. The van der Waals surface area contributed by atoms with Crippen LogP contribution in [0.1, 0.15) is 16.7 Å². The second-order valence-corrected chi connectivity index (χ2v) is 11.2. The molecule has 44 heavy (non-hydrogen) atoms. The fourth-order valence-electron chi connectivity index (χ4n) is 6.72. The summed E-state index contributed by atoms with van der Waals surface area (Å²) in [6.45, 7) is 0. The fourth-order valence-corrected chi connectivity index (χ4v) is 6.72. The maximum atomic E-state index is 7.46. The molecular weight excluding hydrogens is 540 g/mol. The van der Waals surface area contributed by atoms with E-state index in [1.165, 1.54) is 16.2 Å². The molecule has 1 aliphatic heterocycles. The Kier molecular flexibility index (Phi) is 6.13. The largest absolute Gasteiger partial charge is 0.497 e. The van der Waals surface area contributed by atoms with Crippen molar-refractivity contribution < 1.29 is 14.2 Å². The van der Waals surface area contributed by atoms with Crippen molar-refractivity contribution in [2.24, 2.45) is 0 Å². The van der Waals surface area contributed by atoms with Crippen molar-refractivity contribution >= 4 is 38.4 Å². The minimum absolute atomic E-state index is 0.783. The molecule has 0 fully saturated rings. The van der Waals surface area contributed by atoms with Gasteiger partial charge in [-0.1, -0.05) is 109 Å². The van der Waals surface area contributed by atoms with Gasteiger partial charge in [0.1, 0.15) is 17.2 Å². The Morgan fingerprint density at radius 3 is 1.86 bits per heavy atom. The lowest BCUT2D eigenvalue weighted by molar-refractivity contribution is 0.163. The highest BCUT2D eigenvalue weighted by Crippen LogP contribution is 2.51. The first kappa shape index (κ1) is 26.1. The molecule has 0 saturated heterocycles. The molecule has 8 rings (SSSR count). The van der Waals surface area contributed by atoms with E-state index < -0.39 is 5.60 Å². The summed E-state index contributed by atoms with van der Waals surface area (Å²) < 4.78 is 19.0. The molecule has 0 aliphatic carbocycles. The molecule has 0 spiro atoms. The highest BCUT2D eigenvalue weighted by molar-refractivity contribution is 6.27. The first-order valence-electron chi connectivity index (χ1n) is 14.8. The number of ether oxygens (including phenoxy) is 3. The van der Waals surface area contributed by atoms with E-state index in [1.54, 1.807) is 14.2 Å². The molecule has 7 aromatic rings. The Morgan fingerprint density at radius 2 is 1.16 bits per heavy atom. The lowest BCUT2D eigenvalue weighted by atomic mass is 9.81. The van der Waals surface area contributed by atoms with Gasteiger partial charge in [0.2, 0.25) is 0 Å². The van der Waals surface area contributed by atoms with Crippen LogP contribution in [0.4, 0.5) is 0 Å². The van der Waals surface area contributed by atoms with Crippen molar-refractivity contribution in [3.8, 4) is 28.4 Å². The summed E-state index contributed by atoms with van der Waals surface area (Å²) in [4.78, 5) is 0. The van der Waals surface area contributed by atoms with Gasteiger partial charge in [0.25, 0.3) is 0 Å². The number of rotatable bonds is 5. The van der Waals surface area contributed by atoms with E-state index in [4.69, 9.17) is 14.2 Å². The van der Waals surface area contributed by atoms with Crippen LogP contribution in [0.2, 0.25) is 0 Å². The molecule has 0 bridgehead atoms. The topological polar surface area (TPSA) is 27.7 Å². The van der Waals surface area contributed by atoms with Crippen molar-refractivity contribution in [1.82, 2.24) is 0 Å². The number of benzene rings is 7. The van der Waals surface area contributed by atoms with Crippen LogP contribution in [0.3, 0.4) is 0 Å². The lowest BCUT2D eigenvalue weighted by Crippen LogP contribution is -2.34. The van der Waals surface area contributed by atoms with E-state index >= 15 is 0 Å². The first-order chi connectivity index (χ1) is 21.7. The summed E-state index contributed by atoms with van der Waals surface area (Å²) in [5, 5.41) is 6.91. The van der Waals surface area contributed by atoms with Gasteiger partial charge in [0.15, 0.2) is 5.60 Å². The van der Waals surface area contributed by atoms with E-state index in [-0.39, 0.29) is 0 Å². The zero-order valence-electron chi connectivity index (χ0n) is 24.6. The molecule has 1 heterocycles. The normalized spacial score (nSPS) is 15.7. The van der Waals surface area contributed by atoms with Crippen molar-refractivity contribution in [3.63, 3.8) is 0 Å². The summed E-state index contributed by atoms with van der Waals surface area (Å²) in [5.74, 6) is 2.39. The third-order valence-corrected chi connectivity index (χ3v) is 8.87. The molecule has 7 aromatic carbocycles. The van der Waals surface area contributed by atoms with Gasteiger partial charge in [-0.2, -0.15) is 0 Å². The molecule has 0 radical (unpaired) electrons. The summed E-state index contributed by atoms with van der Waals surface area (Å²) in [7, 11) is 3.42. The third-order valence-electron chi connectivity index (χ3n) is 8.87. The summed E-state index contributed by atoms with van der Waals surface area (Å²) >= 11 is 0. The smallest absolute Gasteiger partial charge is 0.178 e. The predicted molar refractivity (Wildman–Crippen MR) is 181 cm³/mol. The minimum atomic E-state index is -0.907. The van der Waals surface area contributed by atoms with Crippen molar-refractivity contribution in [2.75, 3.05) is 14.2 Å². The van der Waals surface area contributed by atoms with E-state index in [9.17, 15) is 0 Å². The van der Waals surface area contributed by atoms with Gasteiger partial charge >= 0.3 is 0 Å². The Labute approximate surface area is 256 Å². The van der Waals surface area contributed by atoms with Crippen LogP contribution < -0.4 is 14.2 Å². The van der Waals surface area contributed by atoms with E-state index in [0.717, 1.165) is 61.2 Å². The van der Waals surface area contributed by atoms with Crippen LogP contribution in [0.25, 0.3) is 49.5 Å². The quantitative estimate of drug-likeness (QED) is 0.193. The summed E-state index contributed by atoms with van der Waals surface area (Å²) in [6.07, 6.45) is 4.33. The van der Waals surface area contributed by atoms with E-state index in [2.05, 4.69) is 127 Å². The van der Waals surface area contributed by atoms with Gasteiger partial charge in [0.05, 0.1) is 19.8 Å². The molecule has 3 nitrogen and oxygen atoms in total. The standard InChI is InChI=1S/C41H30O3/c1-42-31-21-19-29(20-22-31)41(30-14-10-13-28(25-30)27-11-4-3-5-12-27)24-23-36-38(43-2)26-37-34-17-7-6-15-32(34)33-16-8-9-18-35(33)39(37)40(36)44-41/h3-26H,1-2H3. The van der Waals surface area contributed by atoms with Crippen LogP contribution in [-0.2, 0) is 5.60 Å². The van der Waals surface area contributed by atoms with Crippen molar-refractivity contribution in [1.29, 1.82) is 0 Å². The number of fused-ring (bicyclic) bond motifs is 8. The average Bonchev–Trinajstić information content (AvgIpc) is 3.11. The molecule has 0 amide bonds. The highest BCUT2D eigenvalue weighted by Gasteiger charge is 2.39. The second kappa shape index (κ2) is 10.3. The zero-order chi connectivity index (χ0) is 29.7. The molecule has 212 valence electrons. The van der Waals surface area contributed by atoms with Crippen LogP contribution >= 0.6 is 0 Å². The second-order valence-electron chi connectivity index (χ2n) is 11.2. The Bertz CT molecular complexity index is 2210. The Hall–Kier alpha value is -5.54. The summed E-state index contributed by atoms with van der Waals surface area (Å²) in [6, 6.07) is 46.7. The van der Waals surface area contributed by atoms with Crippen molar-refractivity contribution in [3.05, 3.63) is 156 Å². The van der Waals surface area contributed by atoms with Gasteiger partial charge in [-0.3, -0.25) is 0 Å². The molecule has 0 aromatic heterocycles. The van der Waals surface area contributed by atoms with Crippen LogP contribution in [-0.4, -0.2) is 14.2 Å². The fraction of sp³-hybridized carbons (Fsp3) is 0.0732. The minimum Gasteiger partial charge on any atom is -0.497 e. The van der Waals surface area contributed by atoms with Gasteiger partial charge in [0, 0.05) is 16.5 Å². The van der Waals surface area contributed by atoms with Gasteiger partial charge in [-0.05, 0) is 74.5 Å². The number of hydrogen-bond donors (Lipinski definition) is 0. The third kappa shape index (κ3) is 3.97. The summed E-state index contributed by atoms with van der Waals surface area (Å²) in [5.41, 5.74) is 4.35. The SMILES string of the molecule is COc1ccc(C2(c3cccc(-c4ccccc4)c3)C=Cc3c(OC)cc4c5ccccc5c5ccccc5c4c3O2)cc1. The maximum Gasteiger partial charge on any atom is 0.178 e. The molecule has 0 N–H and O–H groups in total. The molecule has 0 saturated carbocycles.